The fourth-order valence-electron chi connectivity index (χ4n) is 3.41. The van der Waals surface area contributed by atoms with E-state index in [1.54, 1.807) is 16.7 Å². The van der Waals surface area contributed by atoms with Gasteiger partial charge in [0.2, 0.25) is 5.91 Å². The second-order valence-electron chi connectivity index (χ2n) is 8.17. The van der Waals surface area contributed by atoms with E-state index in [1.165, 1.54) is 5.56 Å². The first-order valence-corrected chi connectivity index (χ1v) is 10.5. The average molecular weight is 376 g/mol. The Kier molecular flexibility index (Phi) is 5.92. The summed E-state index contributed by atoms with van der Waals surface area (Å²) in [5.74, 6) is 1.15. The monoisotopic (exact) mass is 375 g/mol. The first-order valence-electron chi connectivity index (χ1n) is 9.36. The fraction of sp³-hybridized carbons (Fsp3) is 0.600. The molecular formula is C20H29N3O2S. The van der Waals surface area contributed by atoms with Gasteiger partial charge in [-0.1, -0.05) is 32.9 Å². The molecule has 0 bridgehead atoms. The van der Waals surface area contributed by atoms with Crippen molar-refractivity contribution in [2.24, 2.45) is 0 Å². The first-order chi connectivity index (χ1) is 12.4. The minimum absolute atomic E-state index is 0.0247. The van der Waals surface area contributed by atoms with Crippen LogP contribution in [0, 0.1) is 0 Å². The Morgan fingerprint density at radius 2 is 1.96 bits per heavy atom. The predicted molar refractivity (Wildman–Crippen MR) is 106 cm³/mol. The highest BCUT2D eigenvalue weighted by Crippen LogP contribution is 2.26. The lowest BCUT2D eigenvalue weighted by Gasteiger charge is -2.28. The van der Waals surface area contributed by atoms with Gasteiger partial charge >= 0.3 is 0 Å². The van der Waals surface area contributed by atoms with Crippen LogP contribution in [0.25, 0.3) is 0 Å². The van der Waals surface area contributed by atoms with Crippen molar-refractivity contribution in [1.82, 2.24) is 15.5 Å². The summed E-state index contributed by atoms with van der Waals surface area (Å²) in [7, 11) is 0. The van der Waals surface area contributed by atoms with E-state index in [9.17, 15) is 9.59 Å². The molecule has 2 N–H and O–H groups in total. The van der Waals surface area contributed by atoms with Crippen LogP contribution < -0.4 is 10.6 Å². The van der Waals surface area contributed by atoms with Crippen LogP contribution in [0.15, 0.2) is 24.3 Å². The zero-order chi connectivity index (χ0) is 18.7. The number of carbonyl (C=O) groups is 2. The summed E-state index contributed by atoms with van der Waals surface area (Å²) in [6.45, 7) is 8.29. The molecule has 1 aromatic rings. The second kappa shape index (κ2) is 8.01. The smallest absolute Gasteiger partial charge is 0.255 e. The number of thioether (sulfide) groups is 1. The van der Waals surface area contributed by atoms with Crippen LogP contribution in [0.3, 0.4) is 0 Å². The summed E-state index contributed by atoms with van der Waals surface area (Å²) < 4.78 is 0. The lowest BCUT2D eigenvalue weighted by molar-refractivity contribution is -0.125. The SMILES string of the molecule is CC(C)(C)c1ccc(C(=O)N2CSCC2C(=O)NC2CCCNC2)cc1. The third-order valence-electron chi connectivity index (χ3n) is 5.09. The summed E-state index contributed by atoms with van der Waals surface area (Å²) in [6.07, 6.45) is 2.08. The van der Waals surface area contributed by atoms with Gasteiger partial charge in [-0.05, 0) is 42.5 Å². The number of rotatable bonds is 3. The van der Waals surface area contributed by atoms with E-state index < -0.39 is 0 Å². The van der Waals surface area contributed by atoms with E-state index in [4.69, 9.17) is 0 Å². The molecule has 2 aliphatic heterocycles. The molecule has 2 amide bonds. The van der Waals surface area contributed by atoms with Crippen molar-refractivity contribution in [3.05, 3.63) is 35.4 Å². The van der Waals surface area contributed by atoms with E-state index in [2.05, 4.69) is 31.4 Å². The molecule has 5 nitrogen and oxygen atoms in total. The average Bonchev–Trinajstić information content (AvgIpc) is 3.11. The van der Waals surface area contributed by atoms with E-state index in [0.717, 1.165) is 25.9 Å². The molecule has 26 heavy (non-hydrogen) atoms. The van der Waals surface area contributed by atoms with Crippen molar-refractivity contribution < 1.29 is 9.59 Å². The molecule has 0 spiro atoms. The maximum Gasteiger partial charge on any atom is 0.255 e. The molecule has 2 aliphatic rings. The number of piperidine rings is 1. The molecule has 0 aliphatic carbocycles. The number of hydrogen-bond acceptors (Lipinski definition) is 4. The number of carbonyl (C=O) groups excluding carboxylic acids is 2. The Labute approximate surface area is 160 Å². The molecule has 2 atom stereocenters. The highest BCUT2D eigenvalue weighted by molar-refractivity contribution is 7.99. The Balaban J connectivity index is 1.66. The zero-order valence-electron chi connectivity index (χ0n) is 15.9. The van der Waals surface area contributed by atoms with Gasteiger partial charge in [-0.15, -0.1) is 11.8 Å². The summed E-state index contributed by atoms with van der Waals surface area (Å²) >= 11 is 1.64. The van der Waals surface area contributed by atoms with Crippen molar-refractivity contribution in [2.75, 3.05) is 24.7 Å². The number of benzene rings is 1. The third-order valence-corrected chi connectivity index (χ3v) is 6.10. The minimum atomic E-state index is -0.378. The van der Waals surface area contributed by atoms with E-state index >= 15 is 0 Å². The van der Waals surface area contributed by atoms with Gasteiger partial charge in [0.1, 0.15) is 6.04 Å². The number of amides is 2. The summed E-state index contributed by atoms with van der Waals surface area (Å²) in [5.41, 5.74) is 1.91. The molecule has 6 heteroatoms. The van der Waals surface area contributed by atoms with Gasteiger partial charge in [0.25, 0.3) is 5.91 Å². The maximum absolute atomic E-state index is 12.9. The quantitative estimate of drug-likeness (QED) is 0.851. The Morgan fingerprint density at radius 3 is 2.58 bits per heavy atom. The third kappa shape index (κ3) is 4.41. The zero-order valence-corrected chi connectivity index (χ0v) is 16.7. The molecule has 0 aromatic heterocycles. The van der Waals surface area contributed by atoms with Crippen molar-refractivity contribution in [2.45, 2.75) is 51.1 Å². The Bertz CT molecular complexity index is 648. The van der Waals surface area contributed by atoms with E-state index in [1.807, 2.05) is 24.3 Å². The van der Waals surface area contributed by atoms with Gasteiger partial charge in [0.15, 0.2) is 0 Å². The lowest BCUT2D eigenvalue weighted by atomic mass is 9.86. The van der Waals surface area contributed by atoms with Gasteiger partial charge in [-0.2, -0.15) is 0 Å². The molecular weight excluding hydrogens is 346 g/mol. The Morgan fingerprint density at radius 1 is 1.23 bits per heavy atom. The van der Waals surface area contributed by atoms with Crippen LogP contribution in [-0.2, 0) is 10.2 Å². The van der Waals surface area contributed by atoms with E-state index in [0.29, 0.717) is 17.2 Å². The van der Waals surface area contributed by atoms with Crippen LogP contribution in [0.1, 0.15) is 49.5 Å². The van der Waals surface area contributed by atoms with Crippen molar-refractivity contribution in [1.29, 1.82) is 0 Å². The van der Waals surface area contributed by atoms with Crippen LogP contribution in [-0.4, -0.2) is 53.5 Å². The van der Waals surface area contributed by atoms with Crippen molar-refractivity contribution >= 4 is 23.6 Å². The highest BCUT2D eigenvalue weighted by atomic mass is 32.2. The summed E-state index contributed by atoms with van der Waals surface area (Å²) in [4.78, 5) is 27.3. The first kappa shape index (κ1) is 19.2. The van der Waals surface area contributed by atoms with Gasteiger partial charge in [-0.25, -0.2) is 0 Å². The molecule has 2 fully saturated rings. The topological polar surface area (TPSA) is 61.4 Å². The number of nitrogens with zero attached hydrogens (tertiary/aromatic N) is 1. The van der Waals surface area contributed by atoms with Gasteiger partial charge < -0.3 is 15.5 Å². The molecule has 0 saturated carbocycles. The van der Waals surface area contributed by atoms with E-state index in [-0.39, 0.29) is 29.3 Å². The standard InChI is InChI=1S/C20H29N3O2S/c1-20(2,3)15-8-6-14(7-9-15)19(25)23-13-26-12-17(23)18(24)22-16-5-4-10-21-11-16/h6-9,16-17,21H,4-5,10-13H2,1-3H3,(H,22,24). The maximum atomic E-state index is 12.9. The van der Waals surface area contributed by atoms with Gasteiger partial charge in [0.05, 0.1) is 5.88 Å². The molecule has 1 aromatic carbocycles. The molecule has 2 unspecified atom stereocenters. The predicted octanol–water partition coefficient (Wildman–Crippen LogP) is 2.37. The van der Waals surface area contributed by atoms with Crippen LogP contribution in [0.2, 0.25) is 0 Å². The largest absolute Gasteiger partial charge is 0.350 e. The van der Waals surface area contributed by atoms with Crippen LogP contribution in [0.4, 0.5) is 0 Å². The summed E-state index contributed by atoms with van der Waals surface area (Å²) in [6, 6.07) is 7.58. The lowest BCUT2D eigenvalue weighted by Crippen LogP contribution is -2.53. The number of nitrogens with one attached hydrogen (secondary N) is 2. The van der Waals surface area contributed by atoms with Crippen LogP contribution in [0.5, 0.6) is 0 Å². The van der Waals surface area contributed by atoms with Gasteiger partial charge in [-0.3, -0.25) is 9.59 Å². The van der Waals surface area contributed by atoms with Crippen molar-refractivity contribution in [3.8, 4) is 0 Å². The second-order valence-corrected chi connectivity index (χ2v) is 9.17. The molecule has 0 radical (unpaired) electrons. The van der Waals surface area contributed by atoms with Crippen molar-refractivity contribution in [3.63, 3.8) is 0 Å². The number of hydrogen-bond donors (Lipinski definition) is 2. The molecule has 142 valence electrons. The summed E-state index contributed by atoms with van der Waals surface area (Å²) in [5, 5.41) is 6.42. The van der Waals surface area contributed by atoms with Gasteiger partial charge in [0, 0.05) is 23.9 Å². The van der Waals surface area contributed by atoms with Crippen LogP contribution >= 0.6 is 11.8 Å². The minimum Gasteiger partial charge on any atom is -0.350 e. The Hall–Kier alpha value is -1.53. The molecule has 2 saturated heterocycles. The fourth-order valence-corrected chi connectivity index (χ4v) is 4.56. The molecule has 2 heterocycles. The normalized spacial score (nSPS) is 23.7. The highest BCUT2D eigenvalue weighted by Gasteiger charge is 2.36. The molecule has 3 rings (SSSR count).